The van der Waals surface area contributed by atoms with E-state index in [-0.39, 0.29) is 18.0 Å². The molecule has 12 heteroatoms. The number of likely N-dealkylation sites (tertiary alicyclic amines) is 1. The number of rotatable bonds is 8. The van der Waals surface area contributed by atoms with Crippen molar-refractivity contribution in [1.82, 2.24) is 20.0 Å². The van der Waals surface area contributed by atoms with Crippen molar-refractivity contribution in [3.63, 3.8) is 0 Å². The molecule has 1 aromatic heterocycles. The molecule has 1 amide bonds. The highest BCUT2D eigenvalue weighted by Gasteiger charge is 2.29. The lowest BCUT2D eigenvalue weighted by Gasteiger charge is -2.35. The van der Waals surface area contributed by atoms with Gasteiger partial charge in [-0.1, -0.05) is 18.2 Å². The van der Waals surface area contributed by atoms with Gasteiger partial charge < -0.3 is 35.4 Å². The Bertz CT molecular complexity index is 1070. The summed E-state index contributed by atoms with van der Waals surface area (Å²) in [4.78, 5) is 35.0. The molecule has 2 saturated heterocycles. The number of aliphatic hydroxyl groups is 2. The van der Waals surface area contributed by atoms with E-state index < -0.39 is 24.1 Å². The van der Waals surface area contributed by atoms with Crippen LogP contribution in [0.2, 0.25) is 0 Å². The molecule has 2 aliphatic rings. The van der Waals surface area contributed by atoms with Gasteiger partial charge in [0.2, 0.25) is 0 Å². The Balaban J connectivity index is 0.000000342. The first kappa shape index (κ1) is 29.5. The zero-order chi connectivity index (χ0) is 27.8. The molecule has 0 bridgehead atoms. The minimum Gasteiger partial charge on any atom is -0.479 e. The molecule has 38 heavy (non-hydrogen) atoms. The van der Waals surface area contributed by atoms with Gasteiger partial charge in [-0.3, -0.25) is 9.48 Å². The van der Waals surface area contributed by atoms with Crippen LogP contribution in [0.15, 0.2) is 24.3 Å². The molecule has 2 unspecified atom stereocenters. The van der Waals surface area contributed by atoms with Gasteiger partial charge in [-0.2, -0.15) is 5.10 Å². The van der Waals surface area contributed by atoms with Gasteiger partial charge in [0.25, 0.3) is 5.91 Å². The molecule has 2 atom stereocenters. The lowest BCUT2D eigenvalue weighted by Crippen LogP contribution is -2.46. The van der Waals surface area contributed by atoms with Crippen LogP contribution in [-0.4, -0.2) is 104 Å². The monoisotopic (exact) mass is 534 g/mol. The Morgan fingerprint density at radius 2 is 1.58 bits per heavy atom. The summed E-state index contributed by atoms with van der Waals surface area (Å²) in [6.07, 6.45) is -0.143. The van der Waals surface area contributed by atoms with E-state index >= 15 is 0 Å². The normalized spacial score (nSPS) is 19.0. The second-order valence-electron chi connectivity index (χ2n) is 10.1. The van der Waals surface area contributed by atoms with E-state index in [0.717, 1.165) is 56.0 Å². The highest BCUT2D eigenvalue weighted by Crippen LogP contribution is 2.23. The topological polar surface area (TPSA) is 174 Å². The van der Waals surface area contributed by atoms with Crippen molar-refractivity contribution in [1.29, 1.82) is 0 Å². The molecule has 4 rings (SSSR count). The van der Waals surface area contributed by atoms with Gasteiger partial charge in [0.1, 0.15) is 0 Å². The zero-order valence-corrected chi connectivity index (χ0v) is 21.8. The molecule has 0 aliphatic carbocycles. The Morgan fingerprint density at radius 3 is 2.13 bits per heavy atom. The molecule has 2 fully saturated rings. The smallest absolute Gasteiger partial charge is 0.335 e. The zero-order valence-electron chi connectivity index (χ0n) is 21.8. The predicted molar refractivity (Wildman–Crippen MR) is 138 cm³/mol. The lowest BCUT2D eigenvalue weighted by atomic mass is 9.97. The first-order chi connectivity index (χ1) is 18.1. The maximum absolute atomic E-state index is 12.9. The van der Waals surface area contributed by atoms with Crippen molar-refractivity contribution in [2.75, 3.05) is 32.8 Å². The number of fused-ring (bicyclic) bond motifs is 1. The molecule has 2 aromatic rings. The number of amides is 1. The quantitative estimate of drug-likeness (QED) is 0.330. The number of para-hydroxylation sites is 1. The summed E-state index contributed by atoms with van der Waals surface area (Å²) in [5, 5.41) is 41.3. The molecule has 1 aromatic carbocycles. The first-order valence-corrected chi connectivity index (χ1v) is 13.0. The molecule has 0 radical (unpaired) electrons. The van der Waals surface area contributed by atoms with E-state index in [9.17, 15) is 14.4 Å². The summed E-state index contributed by atoms with van der Waals surface area (Å²) >= 11 is 0. The van der Waals surface area contributed by atoms with Crippen LogP contribution in [0, 0.1) is 5.92 Å². The standard InChI is InChI=1S/C22H32N4O2.C4H6O6/c1-16(2)26-20-6-4-3-5-19(20)21(24-26)22(27)23-18-7-11-25(12-8-18)15-17-9-13-28-14-10-17;5-1(3(7)8)2(6)4(9)10/h3-6,16-18H,7-15H2,1-2H3,(H,23,27);1-2,5-6H,(H,7,8)(H,9,10). The average molecular weight is 535 g/mol. The fourth-order valence-corrected chi connectivity index (χ4v) is 4.73. The minimum atomic E-state index is -2.27. The number of carbonyl (C=O) groups excluding carboxylic acids is 1. The number of nitrogens with one attached hydrogen (secondary N) is 1. The van der Waals surface area contributed by atoms with Gasteiger partial charge in [-0.25, -0.2) is 9.59 Å². The van der Waals surface area contributed by atoms with Gasteiger partial charge >= 0.3 is 11.9 Å². The van der Waals surface area contributed by atoms with Crippen LogP contribution >= 0.6 is 0 Å². The number of ether oxygens (including phenoxy) is 1. The first-order valence-electron chi connectivity index (χ1n) is 13.0. The molecule has 0 spiro atoms. The maximum atomic E-state index is 12.9. The molecule has 210 valence electrons. The summed E-state index contributed by atoms with van der Waals surface area (Å²) < 4.78 is 7.41. The molecular formula is C26H38N4O8. The number of aromatic nitrogens is 2. The van der Waals surface area contributed by atoms with Crippen molar-refractivity contribution in [2.45, 2.75) is 63.8 Å². The third kappa shape index (κ3) is 7.73. The van der Waals surface area contributed by atoms with E-state index in [0.29, 0.717) is 5.69 Å². The Labute approximate surface area is 221 Å². The van der Waals surface area contributed by atoms with Gasteiger partial charge in [-0.15, -0.1) is 0 Å². The van der Waals surface area contributed by atoms with Gasteiger partial charge in [-0.05, 0) is 51.5 Å². The van der Waals surface area contributed by atoms with Crippen LogP contribution in [0.4, 0.5) is 0 Å². The Kier molecular flexibility index (Phi) is 10.6. The summed E-state index contributed by atoms with van der Waals surface area (Å²) in [5.74, 6) is -2.81. The Hall–Kier alpha value is -3.06. The van der Waals surface area contributed by atoms with Crippen LogP contribution in [0.5, 0.6) is 0 Å². The summed E-state index contributed by atoms with van der Waals surface area (Å²) in [6, 6.07) is 8.46. The maximum Gasteiger partial charge on any atom is 0.335 e. The number of aliphatic hydroxyl groups excluding tert-OH is 2. The number of aliphatic carboxylic acids is 2. The van der Waals surface area contributed by atoms with Crippen molar-refractivity contribution in [3.05, 3.63) is 30.0 Å². The van der Waals surface area contributed by atoms with Crippen molar-refractivity contribution in [2.24, 2.45) is 5.92 Å². The van der Waals surface area contributed by atoms with Crippen molar-refractivity contribution in [3.8, 4) is 0 Å². The Morgan fingerprint density at radius 1 is 1.00 bits per heavy atom. The van der Waals surface area contributed by atoms with Crippen LogP contribution in [0.1, 0.15) is 56.1 Å². The third-order valence-corrected chi connectivity index (χ3v) is 6.90. The largest absolute Gasteiger partial charge is 0.479 e. The van der Waals surface area contributed by atoms with Crippen LogP contribution in [0.25, 0.3) is 10.9 Å². The number of hydrogen-bond acceptors (Lipinski definition) is 8. The second kappa shape index (κ2) is 13.7. The van der Waals surface area contributed by atoms with Gasteiger partial charge in [0, 0.05) is 50.3 Å². The average Bonchev–Trinajstić information content (AvgIpc) is 3.30. The molecule has 2 aliphatic heterocycles. The third-order valence-electron chi connectivity index (χ3n) is 6.90. The van der Waals surface area contributed by atoms with Crippen LogP contribution < -0.4 is 5.32 Å². The molecule has 12 nitrogen and oxygen atoms in total. The number of carboxylic acids is 2. The molecule has 5 N–H and O–H groups in total. The van der Waals surface area contributed by atoms with Gasteiger partial charge in [0.05, 0.1) is 5.52 Å². The van der Waals surface area contributed by atoms with Crippen LogP contribution in [0.3, 0.4) is 0 Å². The molecular weight excluding hydrogens is 496 g/mol. The highest BCUT2D eigenvalue weighted by atomic mass is 16.5. The second-order valence-corrected chi connectivity index (χ2v) is 10.1. The number of piperidine rings is 1. The van der Waals surface area contributed by atoms with E-state index in [1.54, 1.807) is 0 Å². The number of carboxylic acid groups (broad SMARTS) is 2. The minimum absolute atomic E-state index is 0.0431. The summed E-state index contributed by atoms with van der Waals surface area (Å²) in [6.45, 7) is 9.30. The summed E-state index contributed by atoms with van der Waals surface area (Å²) in [7, 11) is 0. The van der Waals surface area contributed by atoms with E-state index in [2.05, 4.69) is 29.2 Å². The molecule has 3 heterocycles. The fourth-order valence-electron chi connectivity index (χ4n) is 4.73. The molecule has 0 saturated carbocycles. The van der Waals surface area contributed by atoms with E-state index in [1.165, 1.54) is 19.4 Å². The predicted octanol–water partition coefficient (Wildman–Crippen LogP) is 1.12. The lowest BCUT2D eigenvalue weighted by molar-refractivity contribution is -0.165. The van der Waals surface area contributed by atoms with Crippen LogP contribution in [-0.2, 0) is 14.3 Å². The number of nitrogens with zero attached hydrogens (tertiary/aromatic N) is 3. The van der Waals surface area contributed by atoms with E-state index in [1.807, 2.05) is 28.9 Å². The van der Waals surface area contributed by atoms with Crippen molar-refractivity contribution >= 4 is 28.7 Å². The number of carbonyl (C=O) groups is 3. The van der Waals surface area contributed by atoms with Crippen molar-refractivity contribution < 1.29 is 39.5 Å². The number of hydrogen-bond donors (Lipinski definition) is 5. The van der Waals surface area contributed by atoms with E-state index in [4.69, 9.17) is 25.2 Å². The summed E-state index contributed by atoms with van der Waals surface area (Å²) in [5.41, 5.74) is 1.57. The SMILES string of the molecule is CC(C)n1nc(C(=O)NC2CCN(CC3CCOCC3)CC2)c2ccccc21.O=C(O)C(O)C(O)C(=O)O. The van der Waals surface area contributed by atoms with Gasteiger partial charge in [0.15, 0.2) is 17.9 Å². The fraction of sp³-hybridized carbons (Fsp3) is 0.615. The number of benzene rings is 1. The highest BCUT2D eigenvalue weighted by molar-refractivity contribution is 6.05.